The summed E-state index contributed by atoms with van der Waals surface area (Å²) >= 11 is 0. The highest BCUT2D eigenvalue weighted by molar-refractivity contribution is 5.75. The topological polar surface area (TPSA) is 35.5 Å². The average molecular weight is 258 g/mol. The number of hydrogen-bond acceptors (Lipinski definition) is 3. The van der Waals surface area contributed by atoms with Crippen LogP contribution in [0, 0.1) is 5.41 Å². The molecule has 0 aromatic carbocycles. The Morgan fingerprint density at radius 3 is 2.17 bits per heavy atom. The Kier molecular flexibility index (Phi) is 10.0. The third-order valence-corrected chi connectivity index (χ3v) is 3.17. The van der Waals surface area contributed by atoms with Crippen molar-refractivity contribution in [1.82, 2.24) is 0 Å². The van der Waals surface area contributed by atoms with Crippen LogP contribution >= 0.6 is 0 Å². The van der Waals surface area contributed by atoms with Gasteiger partial charge in [0.25, 0.3) is 0 Å². The van der Waals surface area contributed by atoms with Gasteiger partial charge in [-0.05, 0) is 26.7 Å². The Morgan fingerprint density at radius 1 is 0.944 bits per heavy atom. The molecule has 0 aliphatic heterocycles. The van der Waals surface area contributed by atoms with Crippen LogP contribution in [-0.2, 0) is 14.6 Å². The molecule has 0 heterocycles. The summed E-state index contributed by atoms with van der Waals surface area (Å²) in [5.74, 6) is -0.242. The molecule has 3 heteroatoms. The molecule has 0 saturated carbocycles. The highest BCUT2D eigenvalue weighted by Gasteiger charge is 2.29. The van der Waals surface area contributed by atoms with Crippen LogP contribution in [0.2, 0.25) is 0 Å². The Labute approximate surface area is 112 Å². The van der Waals surface area contributed by atoms with Gasteiger partial charge in [0.05, 0.1) is 12.0 Å². The summed E-state index contributed by atoms with van der Waals surface area (Å²) in [6.07, 6.45) is 8.89. The molecule has 0 atom stereocenters. The van der Waals surface area contributed by atoms with Crippen molar-refractivity contribution in [2.45, 2.75) is 79.1 Å². The summed E-state index contributed by atoms with van der Waals surface area (Å²) in [4.78, 5) is 21.6. The van der Waals surface area contributed by atoms with Crippen molar-refractivity contribution < 1.29 is 14.6 Å². The van der Waals surface area contributed by atoms with Gasteiger partial charge in [-0.3, -0.25) is 4.89 Å². The third-order valence-electron chi connectivity index (χ3n) is 3.17. The molecule has 108 valence electrons. The zero-order valence-corrected chi connectivity index (χ0v) is 12.6. The van der Waals surface area contributed by atoms with Crippen LogP contribution in [0.3, 0.4) is 0 Å². The number of carbonyl (C=O) groups is 1. The third kappa shape index (κ3) is 8.51. The molecule has 0 aromatic rings. The fourth-order valence-corrected chi connectivity index (χ4v) is 1.68. The summed E-state index contributed by atoms with van der Waals surface area (Å²) < 4.78 is 0. The molecular formula is C15H30O3. The van der Waals surface area contributed by atoms with Gasteiger partial charge in [-0.1, -0.05) is 52.4 Å². The maximum Gasteiger partial charge on any atom is 0.347 e. The molecule has 0 aliphatic rings. The highest BCUT2D eigenvalue weighted by Crippen LogP contribution is 2.25. The normalized spacial score (nSPS) is 11.6. The fourth-order valence-electron chi connectivity index (χ4n) is 1.68. The van der Waals surface area contributed by atoms with E-state index >= 15 is 0 Å². The summed E-state index contributed by atoms with van der Waals surface area (Å²) in [7, 11) is 0. The predicted molar refractivity (Wildman–Crippen MR) is 74.1 cm³/mol. The molecule has 0 saturated heterocycles. The van der Waals surface area contributed by atoms with Crippen molar-refractivity contribution in [3.05, 3.63) is 0 Å². The zero-order valence-electron chi connectivity index (χ0n) is 12.6. The first-order valence-corrected chi connectivity index (χ1v) is 7.38. The minimum Gasteiger partial charge on any atom is -0.298 e. The van der Waals surface area contributed by atoms with Gasteiger partial charge >= 0.3 is 5.97 Å². The van der Waals surface area contributed by atoms with Gasteiger partial charge in [0.1, 0.15) is 0 Å². The predicted octanol–water partition coefficient (Wildman–Crippen LogP) is 4.65. The summed E-state index contributed by atoms with van der Waals surface area (Å²) in [6, 6.07) is 0. The monoisotopic (exact) mass is 258 g/mol. The van der Waals surface area contributed by atoms with E-state index in [1.165, 1.54) is 25.7 Å². The molecule has 0 amide bonds. The number of unbranched alkanes of at least 4 members (excludes halogenated alkanes) is 5. The number of hydrogen-bond donors (Lipinski definition) is 0. The quantitative estimate of drug-likeness (QED) is 0.307. The van der Waals surface area contributed by atoms with E-state index in [9.17, 15) is 4.79 Å². The lowest BCUT2D eigenvalue weighted by Crippen LogP contribution is -2.26. The van der Waals surface area contributed by atoms with Crippen molar-refractivity contribution >= 4 is 5.97 Å². The number of carbonyl (C=O) groups excluding carboxylic acids is 1. The van der Waals surface area contributed by atoms with E-state index in [0.29, 0.717) is 6.61 Å². The van der Waals surface area contributed by atoms with Crippen LogP contribution in [-0.4, -0.2) is 12.6 Å². The van der Waals surface area contributed by atoms with Crippen LogP contribution < -0.4 is 0 Å². The van der Waals surface area contributed by atoms with Crippen molar-refractivity contribution in [3.8, 4) is 0 Å². The van der Waals surface area contributed by atoms with Crippen molar-refractivity contribution in [2.24, 2.45) is 5.41 Å². The van der Waals surface area contributed by atoms with Crippen molar-refractivity contribution in [2.75, 3.05) is 6.61 Å². The van der Waals surface area contributed by atoms with Crippen molar-refractivity contribution in [1.29, 1.82) is 0 Å². The Hall–Kier alpha value is -0.570. The van der Waals surface area contributed by atoms with Gasteiger partial charge in [0, 0.05) is 0 Å². The minimum atomic E-state index is -0.432. The lowest BCUT2D eigenvalue weighted by molar-refractivity contribution is -0.280. The largest absolute Gasteiger partial charge is 0.347 e. The lowest BCUT2D eigenvalue weighted by Gasteiger charge is -2.21. The van der Waals surface area contributed by atoms with Gasteiger partial charge in [-0.2, -0.15) is 4.89 Å². The molecule has 0 bridgehead atoms. The molecule has 0 aromatic heterocycles. The molecule has 0 N–H and O–H groups in total. The Bertz CT molecular complexity index is 212. The van der Waals surface area contributed by atoms with Gasteiger partial charge in [-0.25, -0.2) is 4.79 Å². The minimum absolute atomic E-state index is 0.242. The smallest absolute Gasteiger partial charge is 0.298 e. The molecule has 0 unspecified atom stereocenters. The van der Waals surface area contributed by atoms with E-state index in [4.69, 9.17) is 9.78 Å². The first-order valence-electron chi connectivity index (χ1n) is 7.38. The summed E-state index contributed by atoms with van der Waals surface area (Å²) in [5, 5.41) is 0. The zero-order chi connectivity index (χ0) is 13.9. The summed E-state index contributed by atoms with van der Waals surface area (Å²) in [6.45, 7) is 8.63. The number of rotatable bonds is 11. The van der Waals surface area contributed by atoms with Crippen LogP contribution in [0.4, 0.5) is 0 Å². The van der Waals surface area contributed by atoms with Crippen LogP contribution in [0.1, 0.15) is 79.1 Å². The van der Waals surface area contributed by atoms with E-state index in [2.05, 4.69) is 13.8 Å². The molecular weight excluding hydrogens is 228 g/mol. The molecule has 0 spiro atoms. The molecule has 3 nitrogen and oxygen atoms in total. The van der Waals surface area contributed by atoms with E-state index in [0.717, 1.165) is 25.7 Å². The first-order chi connectivity index (χ1) is 8.54. The van der Waals surface area contributed by atoms with E-state index in [-0.39, 0.29) is 5.97 Å². The van der Waals surface area contributed by atoms with Gasteiger partial charge < -0.3 is 0 Å². The van der Waals surface area contributed by atoms with E-state index in [1.807, 2.05) is 13.8 Å². The van der Waals surface area contributed by atoms with E-state index in [1.54, 1.807) is 0 Å². The van der Waals surface area contributed by atoms with Gasteiger partial charge in [0.2, 0.25) is 0 Å². The van der Waals surface area contributed by atoms with E-state index < -0.39 is 5.41 Å². The Balaban J connectivity index is 3.71. The maximum atomic E-state index is 11.8. The highest BCUT2D eigenvalue weighted by atomic mass is 17.2. The SMILES string of the molecule is CCCCCCCC(C)(C)C(=O)OOCCCC. The average Bonchev–Trinajstić information content (AvgIpc) is 2.34. The standard InChI is InChI=1S/C15H30O3/c1-5-7-9-10-11-12-15(3,4)14(16)18-17-13-8-6-2/h5-13H2,1-4H3. The van der Waals surface area contributed by atoms with Crippen molar-refractivity contribution in [3.63, 3.8) is 0 Å². The second-order valence-electron chi connectivity index (χ2n) is 5.59. The van der Waals surface area contributed by atoms with Crippen LogP contribution in [0.15, 0.2) is 0 Å². The second-order valence-corrected chi connectivity index (χ2v) is 5.59. The van der Waals surface area contributed by atoms with Gasteiger partial charge in [0.15, 0.2) is 0 Å². The van der Waals surface area contributed by atoms with Crippen LogP contribution in [0.5, 0.6) is 0 Å². The lowest BCUT2D eigenvalue weighted by atomic mass is 9.87. The maximum absolute atomic E-state index is 11.8. The summed E-state index contributed by atoms with van der Waals surface area (Å²) in [5.41, 5.74) is -0.432. The molecule has 0 rings (SSSR count). The van der Waals surface area contributed by atoms with Gasteiger partial charge in [-0.15, -0.1) is 0 Å². The second kappa shape index (κ2) is 10.4. The molecule has 0 aliphatic carbocycles. The molecule has 0 radical (unpaired) electrons. The fraction of sp³-hybridized carbons (Fsp3) is 0.933. The van der Waals surface area contributed by atoms with Crippen LogP contribution in [0.25, 0.3) is 0 Å². The Morgan fingerprint density at radius 2 is 1.56 bits per heavy atom. The first kappa shape index (κ1) is 17.4. The molecule has 18 heavy (non-hydrogen) atoms. The molecule has 0 fully saturated rings.